The number of carbonyl (C=O) groups excluding carboxylic acids is 1. The van der Waals surface area contributed by atoms with Gasteiger partial charge in [0.25, 0.3) is 5.91 Å². The van der Waals surface area contributed by atoms with E-state index in [0.29, 0.717) is 0 Å². The molecule has 15 heavy (non-hydrogen) atoms. The lowest BCUT2D eigenvalue weighted by Crippen LogP contribution is -2.32. The summed E-state index contributed by atoms with van der Waals surface area (Å²) in [4.78, 5) is 11.7. The molecule has 1 unspecified atom stereocenters. The molecule has 1 aromatic rings. The van der Waals surface area contributed by atoms with Crippen molar-refractivity contribution in [3.05, 3.63) is 20.8 Å². The average Bonchev–Trinajstić information content (AvgIpc) is 2.61. The van der Waals surface area contributed by atoms with E-state index in [9.17, 15) is 4.79 Å². The fraction of sp³-hybridized carbons (Fsp3) is 0.500. The first kappa shape index (κ1) is 13.1. The van der Waals surface area contributed by atoms with E-state index >= 15 is 0 Å². The van der Waals surface area contributed by atoms with E-state index in [1.54, 1.807) is 11.8 Å². The van der Waals surface area contributed by atoms with Crippen molar-refractivity contribution in [2.24, 2.45) is 0 Å². The highest BCUT2D eigenvalue weighted by Gasteiger charge is 2.10. The second-order valence-corrected chi connectivity index (χ2v) is 6.57. The third-order valence-electron chi connectivity index (χ3n) is 1.96. The van der Waals surface area contributed by atoms with E-state index in [1.165, 1.54) is 11.3 Å². The lowest BCUT2D eigenvalue weighted by atomic mass is 10.2. The zero-order chi connectivity index (χ0) is 11.3. The minimum Gasteiger partial charge on any atom is -0.350 e. The molecule has 1 heterocycles. The maximum Gasteiger partial charge on any atom is 0.252 e. The molecule has 0 saturated heterocycles. The minimum atomic E-state index is 0.0190. The number of rotatable bonds is 5. The van der Waals surface area contributed by atoms with Crippen LogP contribution in [0.15, 0.2) is 15.2 Å². The Morgan fingerprint density at radius 1 is 1.73 bits per heavy atom. The lowest BCUT2D eigenvalue weighted by molar-refractivity contribution is 0.0940. The van der Waals surface area contributed by atoms with Crippen molar-refractivity contribution in [2.45, 2.75) is 19.4 Å². The molecular formula is C10H14BrNOS2. The summed E-state index contributed by atoms with van der Waals surface area (Å²) < 4.78 is 0.990. The Balaban J connectivity index is 2.42. The highest BCUT2D eigenvalue weighted by Crippen LogP contribution is 2.20. The molecule has 0 fully saturated rings. The Kier molecular flexibility index (Phi) is 5.71. The standard InChI is InChI=1S/C10H14BrNOS2/c1-7(3-4-14-2)12-10(13)8-5-9(11)15-6-8/h5-7H,3-4H2,1-2H3,(H,12,13). The van der Waals surface area contributed by atoms with Crippen LogP contribution in [0.3, 0.4) is 0 Å². The van der Waals surface area contributed by atoms with Gasteiger partial charge in [-0.15, -0.1) is 11.3 Å². The summed E-state index contributed by atoms with van der Waals surface area (Å²) in [5, 5.41) is 4.84. The SMILES string of the molecule is CSCCC(C)NC(=O)c1csc(Br)c1. The van der Waals surface area contributed by atoms with Crippen LogP contribution in [0.5, 0.6) is 0 Å². The molecule has 0 aliphatic rings. The molecule has 2 nitrogen and oxygen atoms in total. The number of nitrogens with one attached hydrogen (secondary N) is 1. The van der Waals surface area contributed by atoms with Gasteiger partial charge >= 0.3 is 0 Å². The van der Waals surface area contributed by atoms with Gasteiger partial charge in [0.15, 0.2) is 0 Å². The third-order valence-corrected chi connectivity index (χ3v) is 4.11. The van der Waals surface area contributed by atoms with E-state index in [0.717, 1.165) is 21.5 Å². The second kappa shape index (κ2) is 6.55. The number of hydrogen-bond acceptors (Lipinski definition) is 3. The molecule has 5 heteroatoms. The summed E-state index contributed by atoms with van der Waals surface area (Å²) in [6.07, 6.45) is 3.09. The van der Waals surface area contributed by atoms with Gasteiger partial charge in [-0.05, 0) is 47.3 Å². The van der Waals surface area contributed by atoms with Crippen molar-refractivity contribution in [3.8, 4) is 0 Å². The van der Waals surface area contributed by atoms with Gasteiger partial charge in [0, 0.05) is 11.4 Å². The molecule has 0 aliphatic heterocycles. The normalized spacial score (nSPS) is 12.5. The molecule has 84 valence electrons. The highest BCUT2D eigenvalue weighted by atomic mass is 79.9. The van der Waals surface area contributed by atoms with Crippen molar-refractivity contribution >= 4 is 44.9 Å². The summed E-state index contributed by atoms with van der Waals surface area (Å²) in [5.74, 6) is 1.10. The first-order chi connectivity index (χ1) is 7.13. The largest absolute Gasteiger partial charge is 0.350 e. The van der Waals surface area contributed by atoms with E-state index in [4.69, 9.17) is 0 Å². The Bertz CT molecular complexity index is 327. The molecule has 0 aromatic carbocycles. The van der Waals surface area contributed by atoms with Gasteiger partial charge in [-0.25, -0.2) is 0 Å². The highest BCUT2D eigenvalue weighted by molar-refractivity contribution is 9.11. The number of hydrogen-bond donors (Lipinski definition) is 1. The average molecular weight is 308 g/mol. The predicted molar refractivity (Wildman–Crippen MR) is 71.9 cm³/mol. The van der Waals surface area contributed by atoms with Gasteiger partial charge in [-0.1, -0.05) is 0 Å². The van der Waals surface area contributed by atoms with Crippen LogP contribution in [0.1, 0.15) is 23.7 Å². The molecule has 0 spiro atoms. The van der Waals surface area contributed by atoms with E-state index < -0.39 is 0 Å². The smallest absolute Gasteiger partial charge is 0.252 e. The van der Waals surface area contributed by atoms with E-state index in [1.807, 2.05) is 18.4 Å². The van der Waals surface area contributed by atoms with Gasteiger partial charge in [0.1, 0.15) is 0 Å². The molecule has 1 aromatic heterocycles. The topological polar surface area (TPSA) is 29.1 Å². The summed E-state index contributed by atoms with van der Waals surface area (Å²) in [6, 6.07) is 2.09. The fourth-order valence-electron chi connectivity index (χ4n) is 1.10. The van der Waals surface area contributed by atoms with Crippen molar-refractivity contribution in [2.75, 3.05) is 12.0 Å². The summed E-state index contributed by atoms with van der Waals surface area (Å²) in [7, 11) is 0. The first-order valence-electron chi connectivity index (χ1n) is 4.67. The van der Waals surface area contributed by atoms with Crippen LogP contribution >= 0.6 is 39.0 Å². The van der Waals surface area contributed by atoms with Crippen LogP contribution in [0.25, 0.3) is 0 Å². The molecule has 0 radical (unpaired) electrons. The van der Waals surface area contributed by atoms with E-state index in [2.05, 4.69) is 27.5 Å². The molecule has 1 atom stereocenters. The number of thiophene rings is 1. The van der Waals surface area contributed by atoms with Gasteiger partial charge in [0.05, 0.1) is 9.35 Å². The lowest BCUT2D eigenvalue weighted by Gasteiger charge is -2.12. The van der Waals surface area contributed by atoms with Crippen LogP contribution in [0.4, 0.5) is 0 Å². The number of amides is 1. The van der Waals surface area contributed by atoms with Crippen molar-refractivity contribution in [1.29, 1.82) is 0 Å². The monoisotopic (exact) mass is 307 g/mol. The van der Waals surface area contributed by atoms with Gasteiger partial charge in [-0.3, -0.25) is 4.79 Å². The van der Waals surface area contributed by atoms with Crippen LogP contribution in [-0.4, -0.2) is 24.0 Å². The Morgan fingerprint density at radius 3 is 3.00 bits per heavy atom. The molecular weight excluding hydrogens is 294 g/mol. The Morgan fingerprint density at radius 2 is 2.47 bits per heavy atom. The van der Waals surface area contributed by atoms with Gasteiger partial charge in [-0.2, -0.15) is 11.8 Å². The fourth-order valence-corrected chi connectivity index (χ4v) is 2.83. The summed E-state index contributed by atoms with van der Waals surface area (Å²) in [5.41, 5.74) is 0.739. The van der Waals surface area contributed by atoms with Crippen LogP contribution in [0, 0.1) is 0 Å². The van der Waals surface area contributed by atoms with Gasteiger partial charge in [0.2, 0.25) is 0 Å². The van der Waals surface area contributed by atoms with E-state index in [-0.39, 0.29) is 11.9 Å². The summed E-state index contributed by atoms with van der Waals surface area (Å²) >= 11 is 6.67. The van der Waals surface area contributed by atoms with Gasteiger partial charge < -0.3 is 5.32 Å². The number of halogens is 1. The summed E-state index contributed by atoms with van der Waals surface area (Å²) in [6.45, 7) is 2.04. The molecule has 0 aliphatic carbocycles. The van der Waals surface area contributed by atoms with Crippen molar-refractivity contribution in [3.63, 3.8) is 0 Å². The Labute approximate surface area is 107 Å². The van der Waals surface area contributed by atoms with Crippen LogP contribution in [0.2, 0.25) is 0 Å². The Hall–Kier alpha value is -0.000000000000000111. The predicted octanol–water partition coefficient (Wildman–Crippen LogP) is 3.38. The zero-order valence-corrected chi connectivity index (χ0v) is 12.0. The second-order valence-electron chi connectivity index (χ2n) is 3.30. The maximum atomic E-state index is 11.7. The minimum absolute atomic E-state index is 0.0190. The number of thioether (sulfide) groups is 1. The molecule has 1 rings (SSSR count). The molecule has 1 amide bonds. The third kappa shape index (κ3) is 4.57. The first-order valence-corrected chi connectivity index (χ1v) is 7.74. The quantitative estimate of drug-likeness (QED) is 0.903. The van der Waals surface area contributed by atoms with Crippen molar-refractivity contribution in [1.82, 2.24) is 5.32 Å². The van der Waals surface area contributed by atoms with Crippen molar-refractivity contribution < 1.29 is 4.79 Å². The molecule has 0 bridgehead atoms. The zero-order valence-electron chi connectivity index (χ0n) is 8.75. The number of carbonyl (C=O) groups is 1. The maximum absolute atomic E-state index is 11.7. The molecule has 1 N–H and O–H groups in total. The molecule has 0 saturated carbocycles. The van der Waals surface area contributed by atoms with Crippen LogP contribution < -0.4 is 5.32 Å². The van der Waals surface area contributed by atoms with Crippen LogP contribution in [-0.2, 0) is 0 Å².